The average molecular weight is 262 g/mol. The lowest BCUT2D eigenvalue weighted by molar-refractivity contribution is -0.383. The number of hydrogen-bond acceptors (Lipinski definition) is 3. The third kappa shape index (κ3) is 3.12. The van der Waals surface area contributed by atoms with Crippen LogP contribution in [0.1, 0.15) is 20.8 Å². The Bertz CT molecular complexity index is 596. The van der Waals surface area contributed by atoms with E-state index in [2.05, 4.69) is 0 Å². The number of benzene rings is 1. The Morgan fingerprint density at radius 1 is 1.32 bits per heavy atom. The first kappa shape index (κ1) is 13.5. The van der Waals surface area contributed by atoms with Gasteiger partial charge >= 0.3 is 0 Å². The van der Waals surface area contributed by atoms with Crippen LogP contribution >= 0.6 is 0 Å². The highest BCUT2D eigenvalue weighted by Crippen LogP contribution is 2.26. The lowest BCUT2D eigenvalue weighted by Crippen LogP contribution is -2.21. The van der Waals surface area contributed by atoms with E-state index in [-0.39, 0.29) is 16.2 Å². The van der Waals surface area contributed by atoms with Crippen LogP contribution in [0.25, 0.3) is 10.9 Å². The molecule has 0 bridgehead atoms. The van der Waals surface area contributed by atoms with Crippen LogP contribution < -0.4 is 0 Å². The van der Waals surface area contributed by atoms with Gasteiger partial charge in [-0.2, -0.15) is 0 Å². The first-order valence-electron chi connectivity index (χ1n) is 6.25. The predicted molar refractivity (Wildman–Crippen MR) is 74.3 cm³/mol. The van der Waals surface area contributed by atoms with E-state index in [1.807, 2.05) is 37.6 Å². The Balaban J connectivity index is 2.22. The third-order valence-electron chi connectivity index (χ3n) is 2.85. The maximum absolute atomic E-state index is 10.9. The first-order chi connectivity index (χ1) is 8.88. The van der Waals surface area contributed by atoms with Crippen molar-refractivity contribution < 1.29 is 9.66 Å². The normalized spacial score (nSPS) is 11.9. The summed E-state index contributed by atoms with van der Waals surface area (Å²) in [5.41, 5.74) is 0.842. The fourth-order valence-electron chi connectivity index (χ4n) is 2.01. The van der Waals surface area contributed by atoms with Crippen molar-refractivity contribution in [2.24, 2.45) is 0 Å². The number of nitro groups is 1. The summed E-state index contributed by atoms with van der Waals surface area (Å²) in [7, 11) is 0. The van der Waals surface area contributed by atoms with E-state index in [4.69, 9.17) is 4.74 Å². The van der Waals surface area contributed by atoms with Gasteiger partial charge in [-0.1, -0.05) is 6.07 Å². The standard InChI is InChI=1S/C14H18N2O3/c1-14(2,3)19-10-9-15-8-7-11-12(15)5-4-6-13(11)16(17)18/h4-8H,9-10H2,1-3H3. The molecule has 2 rings (SSSR count). The van der Waals surface area contributed by atoms with Crippen molar-refractivity contribution in [3.63, 3.8) is 0 Å². The lowest BCUT2D eigenvalue weighted by atomic mass is 10.2. The Hall–Kier alpha value is -1.88. The summed E-state index contributed by atoms with van der Waals surface area (Å²) >= 11 is 0. The first-order valence-corrected chi connectivity index (χ1v) is 6.25. The van der Waals surface area contributed by atoms with Gasteiger partial charge in [-0.3, -0.25) is 10.1 Å². The van der Waals surface area contributed by atoms with Crippen LogP contribution in [0.2, 0.25) is 0 Å². The molecule has 0 aliphatic heterocycles. The molecule has 19 heavy (non-hydrogen) atoms. The molecule has 5 nitrogen and oxygen atoms in total. The second-order valence-electron chi connectivity index (χ2n) is 5.44. The molecule has 1 heterocycles. The van der Waals surface area contributed by atoms with Gasteiger partial charge < -0.3 is 9.30 Å². The van der Waals surface area contributed by atoms with Crippen LogP contribution in [0.4, 0.5) is 5.69 Å². The highest BCUT2D eigenvalue weighted by Gasteiger charge is 2.14. The van der Waals surface area contributed by atoms with Crippen LogP contribution in [0.15, 0.2) is 30.5 Å². The van der Waals surface area contributed by atoms with Gasteiger partial charge in [-0.25, -0.2) is 0 Å². The van der Waals surface area contributed by atoms with Crippen LogP contribution in [0, 0.1) is 10.1 Å². The molecular weight excluding hydrogens is 244 g/mol. The van der Waals surface area contributed by atoms with Crippen LogP contribution in [0.3, 0.4) is 0 Å². The molecule has 0 radical (unpaired) electrons. The highest BCUT2D eigenvalue weighted by molar-refractivity contribution is 5.89. The molecular formula is C14H18N2O3. The number of nitrogens with zero attached hydrogens (tertiary/aromatic N) is 2. The molecule has 1 aromatic carbocycles. The molecule has 0 saturated heterocycles. The number of ether oxygens (including phenoxy) is 1. The van der Waals surface area contributed by atoms with Gasteiger partial charge in [-0.15, -0.1) is 0 Å². The topological polar surface area (TPSA) is 57.3 Å². The van der Waals surface area contributed by atoms with Gasteiger partial charge in [0.25, 0.3) is 5.69 Å². The molecule has 5 heteroatoms. The Morgan fingerprint density at radius 2 is 2.05 bits per heavy atom. The van der Waals surface area contributed by atoms with Gasteiger partial charge in [0.1, 0.15) is 0 Å². The van der Waals surface area contributed by atoms with Crippen molar-refractivity contribution in [1.29, 1.82) is 0 Å². The molecule has 0 aliphatic rings. The number of fused-ring (bicyclic) bond motifs is 1. The van der Waals surface area contributed by atoms with Crippen molar-refractivity contribution in [3.8, 4) is 0 Å². The van der Waals surface area contributed by atoms with Crippen LogP contribution in [-0.2, 0) is 11.3 Å². The minimum Gasteiger partial charge on any atom is -0.374 e. The van der Waals surface area contributed by atoms with E-state index < -0.39 is 0 Å². The fourth-order valence-corrected chi connectivity index (χ4v) is 2.01. The molecule has 0 fully saturated rings. The number of nitro benzene ring substituents is 1. The summed E-state index contributed by atoms with van der Waals surface area (Å²) in [4.78, 5) is 10.6. The Kier molecular flexibility index (Phi) is 3.57. The van der Waals surface area contributed by atoms with Gasteiger partial charge in [-0.05, 0) is 32.9 Å². The summed E-state index contributed by atoms with van der Waals surface area (Å²) in [5.74, 6) is 0. The molecule has 0 amide bonds. The van der Waals surface area contributed by atoms with Gasteiger partial charge in [0.05, 0.1) is 28.0 Å². The molecule has 0 saturated carbocycles. The number of aromatic nitrogens is 1. The largest absolute Gasteiger partial charge is 0.374 e. The number of hydrogen-bond donors (Lipinski definition) is 0. The van der Waals surface area contributed by atoms with Crippen molar-refractivity contribution >= 4 is 16.6 Å². The molecule has 2 aromatic rings. The zero-order chi connectivity index (χ0) is 14.0. The van der Waals surface area contributed by atoms with E-state index >= 15 is 0 Å². The summed E-state index contributed by atoms with van der Waals surface area (Å²) in [6, 6.07) is 6.91. The zero-order valence-electron chi connectivity index (χ0n) is 11.4. The zero-order valence-corrected chi connectivity index (χ0v) is 11.4. The van der Waals surface area contributed by atoms with E-state index in [9.17, 15) is 10.1 Å². The maximum Gasteiger partial charge on any atom is 0.278 e. The minimum absolute atomic E-state index is 0.146. The fraction of sp³-hybridized carbons (Fsp3) is 0.429. The molecule has 0 unspecified atom stereocenters. The van der Waals surface area contributed by atoms with Crippen molar-refractivity contribution in [2.45, 2.75) is 32.9 Å². The summed E-state index contributed by atoms with van der Waals surface area (Å²) < 4.78 is 7.65. The van der Waals surface area contributed by atoms with Crippen molar-refractivity contribution in [3.05, 3.63) is 40.6 Å². The molecule has 0 spiro atoms. The third-order valence-corrected chi connectivity index (χ3v) is 2.85. The minimum atomic E-state index is -0.349. The second-order valence-corrected chi connectivity index (χ2v) is 5.44. The van der Waals surface area contributed by atoms with Gasteiger partial charge in [0.15, 0.2) is 0 Å². The lowest BCUT2D eigenvalue weighted by Gasteiger charge is -2.19. The average Bonchev–Trinajstić information content (AvgIpc) is 2.70. The van der Waals surface area contributed by atoms with Crippen LogP contribution in [-0.4, -0.2) is 21.7 Å². The van der Waals surface area contributed by atoms with Crippen molar-refractivity contribution in [1.82, 2.24) is 4.57 Å². The van der Waals surface area contributed by atoms with Gasteiger partial charge in [0, 0.05) is 18.8 Å². The SMILES string of the molecule is CC(C)(C)OCCn1ccc2c([N+](=O)[O-])cccc21. The van der Waals surface area contributed by atoms with E-state index in [0.29, 0.717) is 18.5 Å². The van der Waals surface area contributed by atoms with Gasteiger partial charge in [0.2, 0.25) is 0 Å². The van der Waals surface area contributed by atoms with E-state index in [0.717, 1.165) is 5.52 Å². The van der Waals surface area contributed by atoms with E-state index in [1.165, 1.54) is 6.07 Å². The number of rotatable bonds is 4. The predicted octanol–water partition coefficient (Wildman–Crippen LogP) is 3.36. The monoisotopic (exact) mass is 262 g/mol. The molecule has 0 N–H and O–H groups in total. The summed E-state index contributed by atoms with van der Waals surface area (Å²) in [5, 5.41) is 11.6. The molecule has 102 valence electrons. The second kappa shape index (κ2) is 5.01. The summed E-state index contributed by atoms with van der Waals surface area (Å²) in [6.07, 6.45) is 1.86. The van der Waals surface area contributed by atoms with Crippen molar-refractivity contribution in [2.75, 3.05) is 6.61 Å². The Labute approximate surface area is 111 Å². The summed E-state index contributed by atoms with van der Waals surface area (Å²) in [6.45, 7) is 7.28. The Morgan fingerprint density at radius 3 is 2.68 bits per heavy atom. The quantitative estimate of drug-likeness (QED) is 0.627. The molecule has 0 aliphatic carbocycles. The molecule has 1 aromatic heterocycles. The molecule has 0 atom stereocenters. The van der Waals surface area contributed by atoms with E-state index in [1.54, 1.807) is 12.1 Å². The smallest absolute Gasteiger partial charge is 0.278 e. The highest BCUT2D eigenvalue weighted by atomic mass is 16.6. The maximum atomic E-state index is 10.9. The number of non-ortho nitro benzene ring substituents is 1. The van der Waals surface area contributed by atoms with Crippen LogP contribution in [0.5, 0.6) is 0 Å².